The number of nitrogens with zero attached hydrogens (tertiary/aromatic N) is 1. The maximum Gasteiger partial charge on any atom is 0.0701 e. The molecule has 5 rings (SSSR count). The topological polar surface area (TPSA) is 3.24 Å². The van der Waals surface area contributed by atoms with Crippen LogP contribution in [-0.2, 0) is 5.41 Å². The van der Waals surface area contributed by atoms with Gasteiger partial charge in [-0.05, 0) is 65.9 Å². The molecule has 1 heteroatoms. The molecule has 0 saturated carbocycles. The molecule has 5 aromatic carbocycles. The summed E-state index contributed by atoms with van der Waals surface area (Å²) in [6.45, 7) is 4.28. The van der Waals surface area contributed by atoms with Crippen molar-refractivity contribution in [2.75, 3.05) is 11.9 Å². The van der Waals surface area contributed by atoms with E-state index in [0.717, 1.165) is 0 Å². The fourth-order valence-electron chi connectivity index (χ4n) is 5.10. The van der Waals surface area contributed by atoms with Crippen molar-refractivity contribution in [1.29, 1.82) is 0 Å². The summed E-state index contributed by atoms with van der Waals surface area (Å²) >= 11 is 0. The summed E-state index contributed by atoms with van der Waals surface area (Å²) in [5.41, 5.74) is 9.49. The van der Waals surface area contributed by atoms with Crippen LogP contribution in [0.25, 0.3) is 0 Å². The highest BCUT2D eigenvalue weighted by Crippen LogP contribution is 2.45. The summed E-state index contributed by atoms with van der Waals surface area (Å²) in [4.78, 5) is 2.25. The number of hydrogen-bond acceptors (Lipinski definition) is 1. The van der Waals surface area contributed by atoms with Crippen molar-refractivity contribution >= 4 is 11.4 Å². The van der Waals surface area contributed by atoms with Crippen molar-refractivity contribution in [3.05, 3.63) is 167 Å². The van der Waals surface area contributed by atoms with Gasteiger partial charge >= 0.3 is 0 Å². The molecular weight excluding hydrogens is 422 g/mol. The van der Waals surface area contributed by atoms with E-state index in [-0.39, 0.29) is 0 Å². The van der Waals surface area contributed by atoms with Gasteiger partial charge in [-0.2, -0.15) is 0 Å². The fraction of sp³-hybridized carbons (Fsp3) is 0.118. The Morgan fingerprint density at radius 2 is 0.914 bits per heavy atom. The lowest BCUT2D eigenvalue weighted by Crippen LogP contribution is -2.31. The number of rotatable bonds is 6. The summed E-state index contributed by atoms with van der Waals surface area (Å²) in [6, 6.07) is 48.4. The van der Waals surface area contributed by atoms with Crippen LogP contribution in [0.5, 0.6) is 0 Å². The third-order valence-corrected chi connectivity index (χ3v) is 6.97. The molecule has 172 valence electrons. The van der Waals surface area contributed by atoms with Crippen LogP contribution in [0.2, 0.25) is 0 Å². The van der Waals surface area contributed by atoms with Gasteiger partial charge in [0, 0.05) is 18.4 Å². The molecule has 0 aliphatic carbocycles. The Kier molecular flexibility index (Phi) is 6.25. The maximum atomic E-state index is 2.29. The first-order chi connectivity index (χ1) is 17.1. The molecule has 0 radical (unpaired) electrons. The lowest BCUT2D eigenvalue weighted by atomic mass is 9.65. The fourth-order valence-corrected chi connectivity index (χ4v) is 5.10. The standard InChI is InChI=1S/C34H31N/c1-26-17-19-30(20-18-26)34(28-12-6-4-7-13-28,29-14-8-5-9-15-29)31-21-23-32(24-22-31)35(3)33-16-10-11-27(2)25-33/h4-25H,1-3H3. The van der Waals surface area contributed by atoms with Crippen molar-refractivity contribution in [3.63, 3.8) is 0 Å². The molecule has 1 nitrogen and oxygen atoms in total. The van der Waals surface area contributed by atoms with Gasteiger partial charge in [-0.3, -0.25) is 0 Å². The second-order valence-electron chi connectivity index (χ2n) is 9.29. The zero-order valence-electron chi connectivity index (χ0n) is 20.6. The summed E-state index contributed by atoms with van der Waals surface area (Å²) < 4.78 is 0. The van der Waals surface area contributed by atoms with Gasteiger partial charge < -0.3 is 4.90 Å². The minimum absolute atomic E-state index is 0.420. The average molecular weight is 454 g/mol. The summed E-state index contributed by atoms with van der Waals surface area (Å²) in [6.07, 6.45) is 0. The Hall–Kier alpha value is -4.10. The molecule has 0 aromatic heterocycles. The highest BCUT2D eigenvalue weighted by molar-refractivity contribution is 5.66. The molecule has 0 amide bonds. The molecule has 0 spiro atoms. The van der Waals surface area contributed by atoms with Crippen LogP contribution in [0, 0.1) is 13.8 Å². The largest absolute Gasteiger partial charge is 0.345 e. The second-order valence-corrected chi connectivity index (χ2v) is 9.29. The SMILES string of the molecule is Cc1ccc(C(c2ccccc2)(c2ccccc2)c2ccc(N(C)c3cccc(C)c3)cc2)cc1. The Morgan fingerprint density at radius 1 is 0.429 bits per heavy atom. The van der Waals surface area contributed by atoms with Crippen LogP contribution >= 0.6 is 0 Å². The molecule has 0 saturated heterocycles. The van der Waals surface area contributed by atoms with E-state index in [1.54, 1.807) is 0 Å². The molecule has 0 bridgehead atoms. The average Bonchev–Trinajstić information content (AvgIpc) is 2.91. The monoisotopic (exact) mass is 453 g/mol. The molecule has 35 heavy (non-hydrogen) atoms. The van der Waals surface area contributed by atoms with Crippen molar-refractivity contribution in [3.8, 4) is 0 Å². The number of anilines is 2. The molecular formula is C34H31N. The predicted octanol–water partition coefficient (Wildman–Crippen LogP) is 8.45. The van der Waals surface area contributed by atoms with Crippen LogP contribution in [-0.4, -0.2) is 7.05 Å². The van der Waals surface area contributed by atoms with E-state index in [1.807, 2.05) is 0 Å². The van der Waals surface area contributed by atoms with E-state index in [2.05, 4.69) is 159 Å². The van der Waals surface area contributed by atoms with Gasteiger partial charge in [0.05, 0.1) is 5.41 Å². The van der Waals surface area contributed by atoms with E-state index in [1.165, 1.54) is 44.8 Å². The van der Waals surface area contributed by atoms with Crippen LogP contribution in [0.15, 0.2) is 133 Å². The van der Waals surface area contributed by atoms with E-state index in [0.29, 0.717) is 0 Å². The van der Waals surface area contributed by atoms with Gasteiger partial charge in [0.1, 0.15) is 0 Å². The zero-order valence-corrected chi connectivity index (χ0v) is 20.6. The minimum atomic E-state index is -0.420. The Morgan fingerprint density at radius 3 is 1.43 bits per heavy atom. The molecule has 0 fully saturated rings. The van der Waals surface area contributed by atoms with Crippen LogP contribution < -0.4 is 4.90 Å². The normalized spacial score (nSPS) is 11.3. The van der Waals surface area contributed by atoms with Crippen LogP contribution in [0.3, 0.4) is 0 Å². The lowest BCUT2D eigenvalue weighted by Gasteiger charge is -2.37. The second kappa shape index (κ2) is 9.64. The number of hydrogen-bond donors (Lipinski definition) is 0. The predicted molar refractivity (Wildman–Crippen MR) is 149 cm³/mol. The first kappa shape index (κ1) is 22.7. The molecule has 0 aliphatic heterocycles. The van der Waals surface area contributed by atoms with E-state index in [9.17, 15) is 0 Å². The Labute approximate surface area is 209 Å². The van der Waals surface area contributed by atoms with Crippen LogP contribution in [0.1, 0.15) is 33.4 Å². The minimum Gasteiger partial charge on any atom is -0.345 e. The number of aryl methyl sites for hydroxylation is 2. The van der Waals surface area contributed by atoms with Crippen molar-refractivity contribution in [1.82, 2.24) is 0 Å². The number of benzene rings is 5. The van der Waals surface area contributed by atoms with E-state index >= 15 is 0 Å². The first-order valence-electron chi connectivity index (χ1n) is 12.2. The molecule has 0 N–H and O–H groups in total. The third-order valence-electron chi connectivity index (χ3n) is 6.97. The van der Waals surface area contributed by atoms with Crippen molar-refractivity contribution in [2.45, 2.75) is 19.3 Å². The van der Waals surface area contributed by atoms with Crippen molar-refractivity contribution < 1.29 is 0 Å². The van der Waals surface area contributed by atoms with Gasteiger partial charge in [0.25, 0.3) is 0 Å². The van der Waals surface area contributed by atoms with Gasteiger partial charge in [-0.15, -0.1) is 0 Å². The third kappa shape index (κ3) is 4.26. The lowest BCUT2D eigenvalue weighted by molar-refractivity contribution is 0.744. The Bertz CT molecular complexity index is 1350. The molecule has 0 unspecified atom stereocenters. The maximum absolute atomic E-state index is 2.29. The first-order valence-corrected chi connectivity index (χ1v) is 12.2. The highest BCUT2D eigenvalue weighted by Gasteiger charge is 2.38. The zero-order chi connectivity index (χ0) is 24.3. The van der Waals surface area contributed by atoms with Crippen molar-refractivity contribution in [2.24, 2.45) is 0 Å². The Balaban J connectivity index is 1.71. The van der Waals surface area contributed by atoms with Gasteiger partial charge in [-0.1, -0.05) is 115 Å². The van der Waals surface area contributed by atoms with Crippen LogP contribution in [0.4, 0.5) is 11.4 Å². The molecule has 0 aliphatic rings. The van der Waals surface area contributed by atoms with Gasteiger partial charge in [0.2, 0.25) is 0 Å². The quantitative estimate of drug-likeness (QED) is 0.233. The molecule has 5 aromatic rings. The smallest absolute Gasteiger partial charge is 0.0701 e. The molecule has 0 heterocycles. The van der Waals surface area contributed by atoms with Gasteiger partial charge in [-0.25, -0.2) is 0 Å². The van der Waals surface area contributed by atoms with E-state index in [4.69, 9.17) is 0 Å². The highest BCUT2D eigenvalue weighted by atomic mass is 15.1. The van der Waals surface area contributed by atoms with E-state index < -0.39 is 5.41 Å². The molecule has 0 atom stereocenters. The summed E-state index contributed by atoms with van der Waals surface area (Å²) in [5.74, 6) is 0. The van der Waals surface area contributed by atoms with Gasteiger partial charge in [0.15, 0.2) is 0 Å². The summed E-state index contributed by atoms with van der Waals surface area (Å²) in [5, 5.41) is 0. The summed E-state index contributed by atoms with van der Waals surface area (Å²) in [7, 11) is 2.13.